The molecule has 0 spiro atoms. The lowest BCUT2D eigenvalue weighted by atomic mass is 9.84. The smallest absolute Gasteiger partial charge is 0.321 e. The van der Waals surface area contributed by atoms with E-state index in [9.17, 15) is 27.9 Å². The average molecular weight is 554 g/mol. The van der Waals surface area contributed by atoms with E-state index < -0.39 is 29.5 Å². The fourth-order valence-corrected chi connectivity index (χ4v) is 6.30. The molecule has 2 N–H and O–H groups in total. The number of fused-ring (bicyclic) bond motifs is 1. The van der Waals surface area contributed by atoms with Crippen molar-refractivity contribution in [3.05, 3.63) is 76.7 Å². The van der Waals surface area contributed by atoms with Crippen molar-refractivity contribution in [1.29, 1.82) is 0 Å². The number of aromatic nitrogens is 1. The molecule has 2 saturated heterocycles. The van der Waals surface area contributed by atoms with Crippen LogP contribution in [-0.2, 0) is 4.79 Å². The molecule has 3 heterocycles. The summed E-state index contributed by atoms with van der Waals surface area (Å²) in [6.07, 6.45) is 8.59. The maximum absolute atomic E-state index is 13.4. The molecule has 1 aromatic heterocycles. The molecule has 1 atom stereocenters. The van der Waals surface area contributed by atoms with Crippen molar-refractivity contribution < 1.29 is 27.9 Å². The first kappa shape index (κ1) is 28.1. The Labute approximate surface area is 231 Å². The number of Topliss-reactive ketones (excluding diaryl/α,β-unsaturated/α-hetero) is 1. The van der Waals surface area contributed by atoms with Gasteiger partial charge in [0.2, 0.25) is 0 Å². The van der Waals surface area contributed by atoms with Crippen molar-refractivity contribution in [2.24, 2.45) is 5.92 Å². The van der Waals surface area contributed by atoms with E-state index in [1.807, 2.05) is 24.4 Å². The summed E-state index contributed by atoms with van der Waals surface area (Å²) in [6.45, 7) is 5.00. The van der Waals surface area contributed by atoms with E-state index >= 15 is 0 Å². The number of rotatable bonds is 8. The molecule has 9 heteroatoms. The van der Waals surface area contributed by atoms with Crippen molar-refractivity contribution in [3.8, 4) is 0 Å². The lowest BCUT2D eigenvalue weighted by Crippen LogP contribution is -2.52. The summed E-state index contributed by atoms with van der Waals surface area (Å²) in [7, 11) is 0. The summed E-state index contributed by atoms with van der Waals surface area (Å²) in [6, 6.07) is 7.12. The highest BCUT2D eigenvalue weighted by Crippen LogP contribution is 2.36. The van der Waals surface area contributed by atoms with Crippen molar-refractivity contribution >= 4 is 28.7 Å². The number of carbonyl (C=O) groups excluding carboxylic acids is 1. The number of carboxylic acid groups (broad SMARTS) is 1. The largest absolute Gasteiger partial charge is 0.480 e. The van der Waals surface area contributed by atoms with Crippen molar-refractivity contribution in [3.63, 3.8) is 0 Å². The van der Waals surface area contributed by atoms with Gasteiger partial charge in [-0.2, -0.15) is 0 Å². The van der Waals surface area contributed by atoms with Gasteiger partial charge in [0.05, 0.1) is 0 Å². The van der Waals surface area contributed by atoms with Crippen LogP contribution in [0.3, 0.4) is 0 Å². The molecule has 0 amide bonds. The Morgan fingerprint density at radius 1 is 1.02 bits per heavy atom. The molecular weight excluding hydrogens is 519 g/mol. The van der Waals surface area contributed by atoms with Crippen LogP contribution in [0.5, 0.6) is 0 Å². The highest BCUT2D eigenvalue weighted by Gasteiger charge is 2.37. The fourth-order valence-electron chi connectivity index (χ4n) is 6.30. The molecule has 2 aliphatic rings. The molecule has 3 aromatic rings. The first-order chi connectivity index (χ1) is 19.2. The van der Waals surface area contributed by atoms with Crippen LogP contribution in [0.25, 0.3) is 17.0 Å². The number of piperidine rings is 2. The zero-order chi connectivity index (χ0) is 28.4. The van der Waals surface area contributed by atoms with Gasteiger partial charge in [0.15, 0.2) is 23.2 Å². The van der Waals surface area contributed by atoms with Gasteiger partial charge in [-0.05, 0) is 112 Å². The van der Waals surface area contributed by atoms with Crippen LogP contribution in [0, 0.1) is 23.4 Å². The van der Waals surface area contributed by atoms with Crippen LogP contribution in [0.15, 0.2) is 42.6 Å². The van der Waals surface area contributed by atoms with Gasteiger partial charge in [-0.1, -0.05) is 12.2 Å². The topological polar surface area (TPSA) is 76.6 Å². The minimum Gasteiger partial charge on any atom is -0.480 e. The Morgan fingerprint density at radius 3 is 2.33 bits per heavy atom. The maximum Gasteiger partial charge on any atom is 0.321 e. The van der Waals surface area contributed by atoms with Gasteiger partial charge < -0.3 is 10.1 Å². The summed E-state index contributed by atoms with van der Waals surface area (Å²) in [5, 5.41) is 11.2. The maximum atomic E-state index is 13.4. The number of carbonyl (C=O) groups is 2. The first-order valence-corrected chi connectivity index (χ1v) is 13.8. The van der Waals surface area contributed by atoms with E-state index in [0.717, 1.165) is 61.8 Å². The minimum atomic E-state index is -1.47. The molecule has 0 saturated carbocycles. The van der Waals surface area contributed by atoms with Gasteiger partial charge in [-0.15, -0.1) is 0 Å². The van der Waals surface area contributed by atoms with Crippen LogP contribution in [0.4, 0.5) is 13.2 Å². The molecule has 0 bridgehead atoms. The number of likely N-dealkylation sites (tertiary alicyclic amines) is 2. The van der Waals surface area contributed by atoms with Gasteiger partial charge in [-0.3, -0.25) is 19.4 Å². The molecular formula is C31H34F3N3O3. The second-order valence-corrected chi connectivity index (χ2v) is 11.0. The molecule has 40 heavy (non-hydrogen) atoms. The predicted octanol–water partition coefficient (Wildman–Crippen LogP) is 5.85. The van der Waals surface area contributed by atoms with Crippen molar-refractivity contribution in [2.75, 3.05) is 32.7 Å². The number of benzene rings is 2. The summed E-state index contributed by atoms with van der Waals surface area (Å²) in [5.74, 6) is -4.30. The molecule has 2 aliphatic heterocycles. The number of nitrogens with zero attached hydrogens (tertiary/aromatic N) is 2. The molecule has 0 aliphatic carbocycles. The number of nitrogens with one attached hydrogen (secondary N) is 1. The molecule has 212 valence electrons. The first-order valence-electron chi connectivity index (χ1n) is 13.8. The van der Waals surface area contributed by atoms with Crippen LogP contribution in [0.2, 0.25) is 0 Å². The summed E-state index contributed by atoms with van der Waals surface area (Å²) in [4.78, 5) is 31.9. The molecule has 5 rings (SSSR count). The summed E-state index contributed by atoms with van der Waals surface area (Å²) < 4.78 is 40.0. The predicted molar refractivity (Wildman–Crippen MR) is 148 cm³/mol. The van der Waals surface area contributed by atoms with Crippen LogP contribution in [-0.4, -0.2) is 70.4 Å². The molecule has 0 radical (unpaired) electrons. The van der Waals surface area contributed by atoms with Gasteiger partial charge in [0.25, 0.3) is 0 Å². The van der Waals surface area contributed by atoms with E-state index in [1.165, 1.54) is 5.56 Å². The third-order valence-corrected chi connectivity index (χ3v) is 8.49. The molecule has 1 unspecified atom stereocenters. The normalized spacial score (nSPS) is 19.0. The number of H-pyrrole nitrogens is 1. The Kier molecular flexibility index (Phi) is 8.42. The Hall–Kier alpha value is -3.43. The molecule has 2 fully saturated rings. The monoisotopic (exact) mass is 553 g/mol. The Balaban J connectivity index is 1.16. The lowest BCUT2D eigenvalue weighted by Gasteiger charge is -2.41. The van der Waals surface area contributed by atoms with Gasteiger partial charge in [0.1, 0.15) is 6.04 Å². The number of aliphatic carboxylic acids is 1. The number of hydrogen-bond acceptors (Lipinski definition) is 4. The third kappa shape index (κ3) is 6.00. The third-order valence-electron chi connectivity index (χ3n) is 8.49. The lowest BCUT2D eigenvalue weighted by molar-refractivity contribution is -0.147. The van der Waals surface area contributed by atoms with Gasteiger partial charge >= 0.3 is 5.97 Å². The average Bonchev–Trinajstić information content (AvgIpc) is 3.36. The summed E-state index contributed by atoms with van der Waals surface area (Å²) in [5.41, 5.74) is 3.14. The minimum absolute atomic E-state index is 0.0360. The van der Waals surface area contributed by atoms with E-state index in [1.54, 1.807) is 19.1 Å². The number of carboxylic acids is 1. The second kappa shape index (κ2) is 12.0. The van der Waals surface area contributed by atoms with Crippen LogP contribution >= 0.6 is 0 Å². The highest BCUT2D eigenvalue weighted by atomic mass is 19.2. The fraction of sp³-hybridized carbons (Fsp3) is 0.419. The zero-order valence-electron chi connectivity index (χ0n) is 22.5. The number of ketones is 1. The Morgan fingerprint density at radius 2 is 1.70 bits per heavy atom. The Bertz CT molecular complexity index is 1400. The SMILES string of the molecule is CC(=O)c1ccc2[nH]cc(C3CCN(C(C(=O)O)C4CCN(C/C=C/c5cc(F)c(F)c(F)c5)CC4)CC3)c2c1. The van der Waals surface area contributed by atoms with Crippen LogP contribution in [0.1, 0.15) is 60.0 Å². The summed E-state index contributed by atoms with van der Waals surface area (Å²) >= 11 is 0. The van der Waals surface area contributed by atoms with E-state index in [-0.39, 0.29) is 17.3 Å². The second-order valence-electron chi connectivity index (χ2n) is 11.0. The quantitative estimate of drug-likeness (QED) is 0.271. The molecule has 6 nitrogen and oxygen atoms in total. The number of hydrogen-bond donors (Lipinski definition) is 2. The molecule has 2 aromatic carbocycles. The number of aromatic amines is 1. The van der Waals surface area contributed by atoms with Gasteiger partial charge in [0, 0.05) is 29.2 Å². The van der Waals surface area contributed by atoms with Gasteiger partial charge in [-0.25, -0.2) is 13.2 Å². The zero-order valence-corrected chi connectivity index (χ0v) is 22.5. The van der Waals surface area contributed by atoms with E-state index in [4.69, 9.17) is 0 Å². The van der Waals surface area contributed by atoms with E-state index in [2.05, 4.69) is 14.8 Å². The highest BCUT2D eigenvalue weighted by molar-refractivity contribution is 5.98. The van der Waals surface area contributed by atoms with E-state index in [0.29, 0.717) is 31.1 Å². The van der Waals surface area contributed by atoms with Crippen molar-refractivity contribution in [2.45, 2.75) is 44.6 Å². The number of halogens is 3. The van der Waals surface area contributed by atoms with Crippen LogP contribution < -0.4 is 0 Å². The standard InChI is InChI=1S/C31H34F3N3O3/c1-19(38)23-4-5-28-24(17-23)25(18-35-28)21-8-13-37(14-9-21)30(31(39)40)22-6-11-36(12-7-22)10-2-3-20-15-26(32)29(34)27(33)16-20/h2-5,15-18,21-22,30,35H,6-14H2,1H3,(H,39,40)/b3-2+. The van der Waals surface area contributed by atoms with Crippen molar-refractivity contribution in [1.82, 2.24) is 14.8 Å².